The Morgan fingerprint density at radius 1 is 1.35 bits per heavy atom. The van der Waals surface area contributed by atoms with E-state index in [1.165, 1.54) is 0 Å². The molecule has 5 heteroatoms. The third-order valence-electron chi connectivity index (χ3n) is 3.31. The number of nitrogens with zero attached hydrogens (tertiary/aromatic N) is 2. The molecule has 0 unspecified atom stereocenters. The number of anilines is 1. The van der Waals surface area contributed by atoms with E-state index in [0.717, 1.165) is 41.4 Å². The van der Waals surface area contributed by atoms with Gasteiger partial charge in [-0.15, -0.1) is 0 Å². The average molecular weight is 294 g/mol. The Morgan fingerprint density at radius 2 is 2.10 bits per heavy atom. The molecule has 0 bridgehead atoms. The monoisotopic (exact) mass is 293 g/mol. The Morgan fingerprint density at radius 3 is 2.70 bits per heavy atom. The first-order valence-corrected chi connectivity index (χ1v) is 7.17. The Bertz CT molecular complexity index is 607. The van der Waals surface area contributed by atoms with Crippen molar-refractivity contribution in [2.24, 2.45) is 0 Å². The molecule has 2 N–H and O–H groups in total. The van der Waals surface area contributed by atoms with Crippen LogP contribution in [0.5, 0.6) is 5.75 Å². The normalized spacial score (nSPS) is 10.8. The highest BCUT2D eigenvalue weighted by Crippen LogP contribution is 2.24. The number of nitrogens with two attached hydrogens (primary N) is 1. The Hall–Kier alpha value is -1.68. The predicted molar refractivity (Wildman–Crippen MR) is 82.2 cm³/mol. The van der Waals surface area contributed by atoms with E-state index in [1.54, 1.807) is 0 Å². The summed E-state index contributed by atoms with van der Waals surface area (Å²) in [5, 5.41) is 5.19. The zero-order chi connectivity index (χ0) is 14.7. The van der Waals surface area contributed by atoms with Crippen LogP contribution in [0.25, 0.3) is 0 Å². The van der Waals surface area contributed by atoms with Crippen LogP contribution in [0.1, 0.15) is 30.8 Å². The van der Waals surface area contributed by atoms with E-state index in [9.17, 15) is 0 Å². The van der Waals surface area contributed by atoms with Crippen molar-refractivity contribution in [3.8, 4) is 5.75 Å². The van der Waals surface area contributed by atoms with Crippen molar-refractivity contribution in [1.29, 1.82) is 0 Å². The van der Waals surface area contributed by atoms with E-state index < -0.39 is 0 Å². The van der Waals surface area contributed by atoms with Crippen molar-refractivity contribution < 1.29 is 4.74 Å². The first-order valence-electron chi connectivity index (χ1n) is 6.79. The third-order valence-corrected chi connectivity index (χ3v) is 3.75. The molecule has 0 saturated heterocycles. The number of halogens is 1. The van der Waals surface area contributed by atoms with Crippen molar-refractivity contribution in [3.63, 3.8) is 0 Å². The maximum Gasteiger partial charge on any atom is 0.131 e. The molecule has 1 heterocycles. The van der Waals surface area contributed by atoms with Gasteiger partial charge in [-0.1, -0.05) is 18.5 Å². The second-order valence-corrected chi connectivity index (χ2v) is 5.06. The van der Waals surface area contributed by atoms with Gasteiger partial charge in [0.05, 0.1) is 16.4 Å². The van der Waals surface area contributed by atoms with Crippen molar-refractivity contribution >= 4 is 17.3 Å². The second-order valence-electron chi connectivity index (χ2n) is 4.68. The molecule has 0 aliphatic carbocycles. The van der Waals surface area contributed by atoms with Crippen LogP contribution < -0.4 is 10.5 Å². The van der Waals surface area contributed by atoms with E-state index in [1.807, 2.05) is 43.7 Å². The summed E-state index contributed by atoms with van der Waals surface area (Å²) in [7, 11) is 0. The molecule has 20 heavy (non-hydrogen) atoms. The van der Waals surface area contributed by atoms with Gasteiger partial charge >= 0.3 is 0 Å². The Kier molecular flexibility index (Phi) is 4.55. The number of rotatable bonds is 5. The fourth-order valence-electron chi connectivity index (χ4n) is 2.04. The van der Waals surface area contributed by atoms with Crippen LogP contribution in [0.2, 0.25) is 5.02 Å². The Labute approximate surface area is 124 Å². The van der Waals surface area contributed by atoms with Gasteiger partial charge in [0.15, 0.2) is 0 Å². The lowest BCUT2D eigenvalue weighted by molar-refractivity contribution is 0.292. The van der Waals surface area contributed by atoms with Crippen molar-refractivity contribution in [1.82, 2.24) is 9.78 Å². The van der Waals surface area contributed by atoms with Crippen molar-refractivity contribution in [2.45, 2.75) is 40.3 Å². The molecule has 0 fully saturated rings. The van der Waals surface area contributed by atoms with Crippen LogP contribution >= 0.6 is 11.6 Å². The van der Waals surface area contributed by atoms with Crippen LogP contribution in [0.3, 0.4) is 0 Å². The minimum Gasteiger partial charge on any atom is -0.487 e. The first kappa shape index (κ1) is 14.7. The molecular formula is C15H20ClN3O. The standard InChI is InChI=1S/C15H20ClN3O/c1-4-13-15(16)14(19(5-2)18-13)9-20-11-6-7-12(17)10(3)8-11/h6-8H,4-5,9,17H2,1-3H3. The number of aromatic nitrogens is 2. The number of ether oxygens (including phenoxy) is 1. The fourth-order valence-corrected chi connectivity index (χ4v) is 2.37. The summed E-state index contributed by atoms with van der Waals surface area (Å²) in [6.07, 6.45) is 0.819. The number of nitrogen functional groups attached to an aromatic ring is 1. The highest BCUT2D eigenvalue weighted by molar-refractivity contribution is 6.31. The molecule has 0 atom stereocenters. The summed E-state index contributed by atoms with van der Waals surface area (Å²) < 4.78 is 7.70. The Balaban J connectivity index is 2.17. The smallest absolute Gasteiger partial charge is 0.131 e. The molecule has 4 nitrogen and oxygen atoms in total. The van der Waals surface area contributed by atoms with Gasteiger partial charge in [0.2, 0.25) is 0 Å². The van der Waals surface area contributed by atoms with E-state index in [4.69, 9.17) is 22.1 Å². The van der Waals surface area contributed by atoms with Crippen LogP contribution in [-0.4, -0.2) is 9.78 Å². The molecule has 1 aromatic heterocycles. The molecule has 2 rings (SSSR count). The number of benzene rings is 1. The van der Waals surface area contributed by atoms with Gasteiger partial charge in [-0.25, -0.2) is 0 Å². The third kappa shape index (κ3) is 2.90. The lowest BCUT2D eigenvalue weighted by atomic mass is 10.2. The van der Waals surface area contributed by atoms with Crippen molar-refractivity contribution in [3.05, 3.63) is 40.2 Å². The summed E-state index contributed by atoms with van der Waals surface area (Å²) in [6.45, 7) is 7.23. The molecule has 0 saturated carbocycles. The van der Waals surface area contributed by atoms with Crippen LogP contribution in [0.15, 0.2) is 18.2 Å². The quantitative estimate of drug-likeness (QED) is 0.857. The van der Waals surface area contributed by atoms with Gasteiger partial charge in [0.1, 0.15) is 12.4 Å². The van der Waals surface area contributed by atoms with Gasteiger partial charge < -0.3 is 10.5 Å². The van der Waals surface area contributed by atoms with E-state index in [2.05, 4.69) is 5.10 Å². The summed E-state index contributed by atoms with van der Waals surface area (Å²) in [4.78, 5) is 0. The number of aryl methyl sites for hydroxylation is 3. The van der Waals surface area contributed by atoms with Crippen LogP contribution in [0.4, 0.5) is 5.69 Å². The maximum atomic E-state index is 6.35. The molecule has 0 aliphatic rings. The second kappa shape index (κ2) is 6.18. The molecule has 0 amide bonds. The van der Waals surface area contributed by atoms with E-state index in [0.29, 0.717) is 11.6 Å². The first-order chi connectivity index (χ1) is 9.56. The zero-order valence-corrected chi connectivity index (χ0v) is 12.9. The van der Waals surface area contributed by atoms with Crippen LogP contribution in [0, 0.1) is 6.92 Å². The molecular weight excluding hydrogens is 274 g/mol. The topological polar surface area (TPSA) is 53.1 Å². The van der Waals surface area contributed by atoms with Crippen LogP contribution in [-0.2, 0) is 19.6 Å². The molecule has 0 radical (unpaired) electrons. The maximum absolute atomic E-state index is 6.35. The lowest BCUT2D eigenvalue weighted by Gasteiger charge is -2.09. The summed E-state index contributed by atoms with van der Waals surface area (Å²) in [5.74, 6) is 0.787. The number of hydrogen-bond acceptors (Lipinski definition) is 3. The van der Waals surface area contributed by atoms with E-state index >= 15 is 0 Å². The minimum atomic E-state index is 0.406. The van der Waals surface area contributed by atoms with E-state index in [-0.39, 0.29) is 0 Å². The molecule has 108 valence electrons. The molecule has 0 aliphatic heterocycles. The molecule has 0 spiro atoms. The highest BCUT2D eigenvalue weighted by atomic mass is 35.5. The fraction of sp³-hybridized carbons (Fsp3) is 0.400. The van der Waals surface area contributed by atoms with Gasteiger partial charge in [0, 0.05) is 12.2 Å². The minimum absolute atomic E-state index is 0.406. The SMILES string of the molecule is CCc1nn(CC)c(COc2ccc(N)c(C)c2)c1Cl. The van der Waals surface area contributed by atoms with Crippen molar-refractivity contribution in [2.75, 3.05) is 5.73 Å². The summed E-state index contributed by atoms with van der Waals surface area (Å²) >= 11 is 6.35. The lowest BCUT2D eigenvalue weighted by Crippen LogP contribution is -2.06. The predicted octanol–water partition coefficient (Wildman–Crippen LogP) is 3.59. The highest BCUT2D eigenvalue weighted by Gasteiger charge is 2.14. The largest absolute Gasteiger partial charge is 0.487 e. The zero-order valence-electron chi connectivity index (χ0n) is 12.1. The van der Waals surface area contributed by atoms with Gasteiger partial charge in [0.25, 0.3) is 0 Å². The van der Waals surface area contributed by atoms with Gasteiger partial charge in [-0.05, 0) is 44.0 Å². The summed E-state index contributed by atoms with van der Waals surface area (Å²) in [6, 6.07) is 5.64. The van der Waals surface area contributed by atoms with Gasteiger partial charge in [-0.2, -0.15) is 5.10 Å². The molecule has 2 aromatic rings. The average Bonchev–Trinajstić information content (AvgIpc) is 2.76. The van der Waals surface area contributed by atoms with Gasteiger partial charge in [-0.3, -0.25) is 4.68 Å². The summed E-state index contributed by atoms with van der Waals surface area (Å²) in [5.41, 5.74) is 9.40. The number of hydrogen-bond donors (Lipinski definition) is 1. The molecule has 1 aromatic carbocycles.